The number of benzene rings is 2. The molecule has 0 aliphatic carbocycles. The highest BCUT2D eigenvalue weighted by molar-refractivity contribution is 5.99. The summed E-state index contributed by atoms with van der Waals surface area (Å²) >= 11 is 0. The zero-order chi connectivity index (χ0) is 14.7. The van der Waals surface area contributed by atoms with Crippen molar-refractivity contribution in [1.82, 2.24) is 9.78 Å². The van der Waals surface area contributed by atoms with Gasteiger partial charge in [-0.15, -0.1) is 0 Å². The minimum absolute atomic E-state index is 0.123. The maximum atomic E-state index is 12.6. The number of aromatic nitrogens is 2. The number of aryl methyl sites for hydroxylation is 1. The predicted octanol–water partition coefficient (Wildman–Crippen LogP) is 3.87. The highest BCUT2D eigenvalue weighted by Gasteiger charge is 2.13. The van der Waals surface area contributed by atoms with E-state index >= 15 is 0 Å². The van der Waals surface area contributed by atoms with Gasteiger partial charge in [0, 0.05) is 19.2 Å². The minimum atomic E-state index is 0.123. The first-order valence-electron chi connectivity index (χ1n) is 7.31. The molecule has 0 spiro atoms. The highest BCUT2D eigenvalue weighted by Crippen LogP contribution is 2.20. The zero-order valence-corrected chi connectivity index (χ0v) is 12.1. The molecule has 0 saturated heterocycles. The summed E-state index contributed by atoms with van der Waals surface area (Å²) in [5.41, 5.74) is 1.77. The number of rotatable bonds is 5. The lowest BCUT2D eigenvalue weighted by molar-refractivity contribution is 0.0983. The van der Waals surface area contributed by atoms with Crippen LogP contribution in [0.3, 0.4) is 0 Å². The molecule has 0 unspecified atom stereocenters. The molecule has 3 nitrogen and oxygen atoms in total. The molecule has 0 bridgehead atoms. The van der Waals surface area contributed by atoms with Gasteiger partial charge in [0.1, 0.15) is 5.69 Å². The van der Waals surface area contributed by atoms with Gasteiger partial charge in [0.2, 0.25) is 0 Å². The molecule has 106 valence electrons. The summed E-state index contributed by atoms with van der Waals surface area (Å²) in [7, 11) is 0. The van der Waals surface area contributed by atoms with Crippen molar-refractivity contribution in [3.63, 3.8) is 0 Å². The molecule has 0 fully saturated rings. The fourth-order valence-corrected chi connectivity index (χ4v) is 2.67. The number of ketones is 1. The van der Waals surface area contributed by atoms with Crippen LogP contribution < -0.4 is 0 Å². The molecule has 0 N–H and O–H groups in total. The second kappa shape index (κ2) is 5.92. The summed E-state index contributed by atoms with van der Waals surface area (Å²) in [5, 5.41) is 6.55. The third-order valence-corrected chi connectivity index (χ3v) is 3.67. The van der Waals surface area contributed by atoms with Gasteiger partial charge in [0.05, 0.1) is 0 Å². The molecule has 1 aromatic heterocycles. The first kappa shape index (κ1) is 13.6. The van der Waals surface area contributed by atoms with Crippen molar-refractivity contribution >= 4 is 16.6 Å². The lowest BCUT2D eigenvalue weighted by Gasteiger charge is -2.08. The number of nitrogens with zero attached hydrogens (tertiary/aromatic N) is 2. The van der Waals surface area contributed by atoms with Gasteiger partial charge in [0.25, 0.3) is 0 Å². The summed E-state index contributed by atoms with van der Waals surface area (Å²) in [6.07, 6.45) is 3.08. The lowest BCUT2D eigenvalue weighted by atomic mass is 9.99. The molecule has 3 aromatic rings. The normalized spacial score (nSPS) is 10.9. The molecule has 3 heteroatoms. The van der Waals surface area contributed by atoms with Crippen LogP contribution in [0.15, 0.2) is 54.7 Å². The van der Waals surface area contributed by atoms with Gasteiger partial charge < -0.3 is 0 Å². The largest absolute Gasteiger partial charge is 0.292 e. The Kier molecular flexibility index (Phi) is 3.82. The Bertz CT molecular complexity index is 768. The van der Waals surface area contributed by atoms with Gasteiger partial charge in [-0.05, 0) is 28.8 Å². The summed E-state index contributed by atoms with van der Waals surface area (Å²) in [4.78, 5) is 12.6. The summed E-state index contributed by atoms with van der Waals surface area (Å²) < 4.78 is 1.80. The van der Waals surface area contributed by atoms with Crippen LogP contribution in [-0.4, -0.2) is 15.6 Å². The van der Waals surface area contributed by atoms with E-state index in [-0.39, 0.29) is 5.78 Å². The van der Waals surface area contributed by atoms with Gasteiger partial charge in [0.15, 0.2) is 5.78 Å². The van der Waals surface area contributed by atoms with E-state index in [2.05, 4.69) is 30.2 Å². The standard InChI is InChI=1S/C18H18N2O/c1-2-12-20-17(10-11-19-20)18(21)13-15-8-5-7-14-6-3-4-9-16(14)15/h3-11H,2,12-13H2,1H3. The number of carbonyl (C=O) groups excluding carboxylic acids is 1. The molecule has 0 aliphatic heterocycles. The van der Waals surface area contributed by atoms with Crippen LogP contribution >= 0.6 is 0 Å². The highest BCUT2D eigenvalue weighted by atomic mass is 16.1. The minimum Gasteiger partial charge on any atom is -0.292 e. The predicted molar refractivity (Wildman–Crippen MR) is 84.5 cm³/mol. The molecule has 0 aliphatic rings. The van der Waals surface area contributed by atoms with E-state index < -0.39 is 0 Å². The second-order valence-electron chi connectivity index (χ2n) is 5.18. The fraction of sp³-hybridized carbons (Fsp3) is 0.222. The monoisotopic (exact) mass is 278 g/mol. The van der Waals surface area contributed by atoms with Crippen molar-refractivity contribution in [2.45, 2.75) is 26.3 Å². The Hall–Kier alpha value is -2.42. The van der Waals surface area contributed by atoms with E-state index in [4.69, 9.17) is 0 Å². The van der Waals surface area contributed by atoms with Gasteiger partial charge in [-0.2, -0.15) is 5.10 Å². The third-order valence-electron chi connectivity index (χ3n) is 3.67. The van der Waals surface area contributed by atoms with Crippen LogP contribution in [0.2, 0.25) is 0 Å². The Labute approximate surface area is 124 Å². The van der Waals surface area contributed by atoms with Crippen LogP contribution in [-0.2, 0) is 13.0 Å². The Morgan fingerprint density at radius 2 is 1.90 bits per heavy atom. The Morgan fingerprint density at radius 1 is 1.10 bits per heavy atom. The fourth-order valence-electron chi connectivity index (χ4n) is 2.67. The summed E-state index contributed by atoms with van der Waals surface area (Å²) in [6, 6.07) is 16.1. The first-order valence-corrected chi connectivity index (χ1v) is 7.31. The molecule has 2 aromatic carbocycles. The average Bonchev–Trinajstić information content (AvgIpc) is 2.96. The number of carbonyl (C=O) groups is 1. The van der Waals surface area contributed by atoms with Crippen molar-refractivity contribution in [3.8, 4) is 0 Å². The maximum absolute atomic E-state index is 12.6. The third kappa shape index (κ3) is 2.72. The number of hydrogen-bond acceptors (Lipinski definition) is 2. The van der Waals surface area contributed by atoms with Gasteiger partial charge in [-0.25, -0.2) is 0 Å². The van der Waals surface area contributed by atoms with E-state index in [0.29, 0.717) is 12.1 Å². The average molecular weight is 278 g/mol. The van der Waals surface area contributed by atoms with Crippen LogP contribution in [0, 0.1) is 0 Å². The van der Waals surface area contributed by atoms with Crippen LogP contribution in [0.25, 0.3) is 10.8 Å². The van der Waals surface area contributed by atoms with Crippen molar-refractivity contribution in [2.24, 2.45) is 0 Å². The molecular formula is C18H18N2O. The SMILES string of the molecule is CCCn1nccc1C(=O)Cc1cccc2ccccc12. The number of fused-ring (bicyclic) bond motifs is 1. The van der Waals surface area contributed by atoms with E-state index in [0.717, 1.165) is 23.9 Å². The van der Waals surface area contributed by atoms with Crippen LogP contribution in [0.5, 0.6) is 0 Å². The number of Topliss-reactive ketones (excluding diaryl/α,β-unsaturated/α-hetero) is 1. The van der Waals surface area contributed by atoms with E-state index in [9.17, 15) is 4.79 Å². The molecule has 21 heavy (non-hydrogen) atoms. The topological polar surface area (TPSA) is 34.9 Å². The molecule has 0 radical (unpaired) electrons. The second-order valence-corrected chi connectivity index (χ2v) is 5.18. The smallest absolute Gasteiger partial charge is 0.185 e. The summed E-state index contributed by atoms with van der Waals surface area (Å²) in [6.45, 7) is 2.87. The zero-order valence-electron chi connectivity index (χ0n) is 12.1. The van der Waals surface area contributed by atoms with Crippen molar-refractivity contribution < 1.29 is 4.79 Å². The Balaban J connectivity index is 1.91. The van der Waals surface area contributed by atoms with Crippen molar-refractivity contribution in [3.05, 3.63) is 66.0 Å². The molecular weight excluding hydrogens is 260 g/mol. The van der Waals surface area contributed by atoms with E-state index in [1.807, 2.05) is 30.3 Å². The molecule has 1 heterocycles. The number of hydrogen-bond donors (Lipinski definition) is 0. The molecule has 3 rings (SSSR count). The first-order chi connectivity index (χ1) is 10.3. The maximum Gasteiger partial charge on any atom is 0.185 e. The van der Waals surface area contributed by atoms with E-state index in [1.165, 1.54) is 5.39 Å². The van der Waals surface area contributed by atoms with Crippen molar-refractivity contribution in [1.29, 1.82) is 0 Å². The van der Waals surface area contributed by atoms with Gasteiger partial charge in [-0.3, -0.25) is 9.48 Å². The quantitative estimate of drug-likeness (QED) is 0.664. The van der Waals surface area contributed by atoms with Gasteiger partial charge >= 0.3 is 0 Å². The Morgan fingerprint density at radius 3 is 2.76 bits per heavy atom. The van der Waals surface area contributed by atoms with E-state index in [1.54, 1.807) is 10.9 Å². The van der Waals surface area contributed by atoms with Gasteiger partial charge in [-0.1, -0.05) is 49.4 Å². The lowest BCUT2D eigenvalue weighted by Crippen LogP contribution is -2.12. The molecule has 0 amide bonds. The molecule has 0 saturated carbocycles. The molecule has 0 atom stereocenters. The van der Waals surface area contributed by atoms with Crippen LogP contribution in [0.1, 0.15) is 29.4 Å². The van der Waals surface area contributed by atoms with Crippen LogP contribution in [0.4, 0.5) is 0 Å². The van der Waals surface area contributed by atoms with Crippen molar-refractivity contribution in [2.75, 3.05) is 0 Å². The summed E-state index contributed by atoms with van der Waals surface area (Å²) in [5.74, 6) is 0.123.